The number of nitrogens with one attached hydrogen (secondary N) is 1. The Hall–Kier alpha value is -1.70. The Bertz CT molecular complexity index is 638. The maximum absolute atomic E-state index is 14.1. The first-order chi connectivity index (χ1) is 12.2. The van der Waals surface area contributed by atoms with Crippen molar-refractivity contribution in [3.63, 3.8) is 0 Å². The molecular weight excluding hydrogens is 339 g/mol. The number of benzene rings is 1. The third-order valence-corrected chi connectivity index (χ3v) is 4.77. The van der Waals surface area contributed by atoms with Gasteiger partial charge in [0.1, 0.15) is 11.6 Å². The lowest BCUT2D eigenvalue weighted by Crippen LogP contribution is -2.58. The minimum absolute atomic E-state index is 0.00756. The van der Waals surface area contributed by atoms with Gasteiger partial charge in [-0.05, 0) is 31.0 Å². The summed E-state index contributed by atoms with van der Waals surface area (Å²) in [6.45, 7) is 4.94. The van der Waals surface area contributed by atoms with Crippen LogP contribution in [0.25, 0.3) is 0 Å². The molecule has 1 heterocycles. The normalized spacial score (nSPS) is 21.2. The van der Waals surface area contributed by atoms with Crippen LogP contribution in [0.3, 0.4) is 0 Å². The Labute approximate surface area is 154 Å². The number of aliphatic hydroxyl groups is 2. The molecule has 6 nitrogen and oxygen atoms in total. The molecule has 1 aliphatic heterocycles. The highest BCUT2D eigenvalue weighted by molar-refractivity contribution is 5.86. The van der Waals surface area contributed by atoms with Crippen LogP contribution in [0.2, 0.25) is 0 Å². The van der Waals surface area contributed by atoms with Gasteiger partial charge in [-0.15, -0.1) is 0 Å². The molecule has 0 aliphatic carbocycles. The van der Waals surface area contributed by atoms with Gasteiger partial charge < -0.3 is 25.2 Å². The highest BCUT2D eigenvalue weighted by atomic mass is 19.1. The molecule has 1 aromatic carbocycles. The molecule has 1 aliphatic rings. The number of carbonyl (C=O) groups excluding carboxylic acids is 1. The molecule has 1 saturated heterocycles. The first-order valence-corrected chi connectivity index (χ1v) is 8.86. The number of likely N-dealkylation sites (tertiary alicyclic amines) is 1. The SMILES string of the molecule is COc1ccc(F)c(CN2CCCC(O)(CNCC(C)(C)CO)C2=O)c1. The quantitative estimate of drug-likeness (QED) is 0.644. The number of halogens is 1. The predicted octanol–water partition coefficient (Wildman–Crippen LogP) is 1.30. The van der Waals surface area contributed by atoms with Gasteiger partial charge in [-0.25, -0.2) is 4.39 Å². The van der Waals surface area contributed by atoms with Gasteiger partial charge in [0, 0.05) is 43.8 Å². The Morgan fingerprint density at radius 3 is 2.81 bits per heavy atom. The topological polar surface area (TPSA) is 82.0 Å². The van der Waals surface area contributed by atoms with E-state index < -0.39 is 17.3 Å². The molecule has 1 fully saturated rings. The van der Waals surface area contributed by atoms with Gasteiger partial charge in [0.15, 0.2) is 5.60 Å². The summed E-state index contributed by atoms with van der Waals surface area (Å²) in [5.74, 6) is -0.287. The number of rotatable bonds is 8. The van der Waals surface area contributed by atoms with E-state index in [0.717, 1.165) is 0 Å². The second-order valence-electron chi connectivity index (χ2n) is 7.75. The van der Waals surface area contributed by atoms with Gasteiger partial charge in [-0.3, -0.25) is 4.79 Å². The number of amides is 1. The van der Waals surface area contributed by atoms with E-state index in [-0.39, 0.29) is 25.1 Å². The van der Waals surface area contributed by atoms with Crippen LogP contribution in [0, 0.1) is 11.2 Å². The number of hydrogen-bond acceptors (Lipinski definition) is 5. The highest BCUT2D eigenvalue weighted by Crippen LogP contribution is 2.26. The number of carbonyl (C=O) groups is 1. The standard InChI is InChI=1S/C19H29FN2O4/c1-18(2,13-23)11-21-12-19(25)7-4-8-22(17(19)24)10-14-9-15(26-3)5-6-16(14)20/h5-6,9,21,23,25H,4,7-8,10-13H2,1-3H3. The first kappa shape index (κ1) is 20.6. The fourth-order valence-corrected chi connectivity index (χ4v) is 3.05. The maximum Gasteiger partial charge on any atom is 0.256 e. The average molecular weight is 368 g/mol. The van der Waals surface area contributed by atoms with Crippen LogP contribution in [0.5, 0.6) is 5.75 Å². The van der Waals surface area contributed by atoms with E-state index in [4.69, 9.17) is 4.74 Å². The average Bonchev–Trinajstić information content (AvgIpc) is 2.60. The van der Waals surface area contributed by atoms with Crippen molar-refractivity contribution in [3.8, 4) is 5.75 Å². The zero-order valence-electron chi connectivity index (χ0n) is 15.7. The van der Waals surface area contributed by atoms with Gasteiger partial charge in [-0.1, -0.05) is 13.8 Å². The van der Waals surface area contributed by atoms with Crippen LogP contribution in [0.4, 0.5) is 4.39 Å². The molecule has 1 unspecified atom stereocenters. The maximum atomic E-state index is 14.1. The van der Waals surface area contributed by atoms with Crippen molar-refractivity contribution in [2.75, 3.05) is 33.4 Å². The lowest BCUT2D eigenvalue weighted by atomic mass is 9.90. The number of ether oxygens (including phenoxy) is 1. The van der Waals surface area contributed by atoms with Gasteiger partial charge >= 0.3 is 0 Å². The van der Waals surface area contributed by atoms with Crippen LogP contribution < -0.4 is 10.1 Å². The van der Waals surface area contributed by atoms with E-state index >= 15 is 0 Å². The van der Waals surface area contributed by atoms with Crippen molar-refractivity contribution in [2.45, 2.75) is 38.8 Å². The smallest absolute Gasteiger partial charge is 0.256 e. The van der Waals surface area contributed by atoms with E-state index in [2.05, 4.69) is 5.32 Å². The molecule has 0 saturated carbocycles. The minimum Gasteiger partial charge on any atom is -0.497 e. The van der Waals surface area contributed by atoms with E-state index in [1.54, 1.807) is 6.07 Å². The van der Waals surface area contributed by atoms with E-state index in [1.165, 1.54) is 24.1 Å². The zero-order chi connectivity index (χ0) is 19.4. The summed E-state index contributed by atoms with van der Waals surface area (Å²) >= 11 is 0. The molecule has 0 spiro atoms. The minimum atomic E-state index is -1.51. The predicted molar refractivity (Wildman–Crippen MR) is 96.3 cm³/mol. The summed E-state index contributed by atoms with van der Waals surface area (Å²) in [5.41, 5.74) is -1.49. The van der Waals surface area contributed by atoms with Crippen LogP contribution >= 0.6 is 0 Å². The third-order valence-electron chi connectivity index (χ3n) is 4.77. The third kappa shape index (κ3) is 4.93. The van der Waals surface area contributed by atoms with Crippen molar-refractivity contribution in [1.29, 1.82) is 0 Å². The monoisotopic (exact) mass is 368 g/mol. The van der Waals surface area contributed by atoms with Crippen molar-refractivity contribution < 1.29 is 24.1 Å². The molecule has 7 heteroatoms. The Balaban J connectivity index is 2.04. The molecular formula is C19H29FN2O4. The number of aliphatic hydroxyl groups excluding tert-OH is 1. The Morgan fingerprint density at radius 2 is 2.15 bits per heavy atom. The van der Waals surface area contributed by atoms with Gasteiger partial charge in [0.25, 0.3) is 5.91 Å². The molecule has 146 valence electrons. The Morgan fingerprint density at radius 1 is 1.42 bits per heavy atom. The summed E-state index contributed by atoms with van der Waals surface area (Å²) < 4.78 is 19.2. The second-order valence-corrected chi connectivity index (χ2v) is 7.75. The summed E-state index contributed by atoms with van der Waals surface area (Å²) in [4.78, 5) is 14.3. The van der Waals surface area contributed by atoms with Crippen molar-refractivity contribution in [3.05, 3.63) is 29.6 Å². The number of methoxy groups -OCH3 is 1. The summed E-state index contributed by atoms with van der Waals surface area (Å²) in [7, 11) is 1.50. The van der Waals surface area contributed by atoms with E-state index in [9.17, 15) is 19.4 Å². The fourth-order valence-electron chi connectivity index (χ4n) is 3.05. The van der Waals surface area contributed by atoms with Gasteiger partial charge in [0.05, 0.1) is 7.11 Å². The largest absolute Gasteiger partial charge is 0.497 e. The molecule has 0 bridgehead atoms. The molecule has 1 atom stereocenters. The van der Waals surface area contributed by atoms with Crippen molar-refractivity contribution in [1.82, 2.24) is 10.2 Å². The molecule has 0 aromatic heterocycles. The highest BCUT2D eigenvalue weighted by Gasteiger charge is 2.42. The fraction of sp³-hybridized carbons (Fsp3) is 0.632. The summed E-state index contributed by atoms with van der Waals surface area (Å²) in [6, 6.07) is 4.41. The molecule has 1 aromatic rings. The van der Waals surface area contributed by atoms with Gasteiger partial charge in [0.2, 0.25) is 0 Å². The molecule has 26 heavy (non-hydrogen) atoms. The molecule has 2 rings (SSSR count). The van der Waals surface area contributed by atoms with Crippen LogP contribution in [-0.2, 0) is 11.3 Å². The van der Waals surface area contributed by atoms with Crippen LogP contribution in [0.15, 0.2) is 18.2 Å². The van der Waals surface area contributed by atoms with Crippen LogP contribution in [0.1, 0.15) is 32.3 Å². The lowest BCUT2D eigenvalue weighted by Gasteiger charge is -2.39. The lowest BCUT2D eigenvalue weighted by molar-refractivity contribution is -0.157. The summed E-state index contributed by atoms with van der Waals surface area (Å²) in [6.07, 6.45) is 0.994. The number of nitrogens with zero attached hydrogens (tertiary/aromatic N) is 1. The molecule has 3 N–H and O–H groups in total. The zero-order valence-corrected chi connectivity index (χ0v) is 15.7. The molecule has 1 amide bonds. The van der Waals surface area contributed by atoms with Crippen molar-refractivity contribution in [2.24, 2.45) is 5.41 Å². The van der Waals surface area contributed by atoms with Crippen LogP contribution in [-0.4, -0.2) is 60.0 Å². The second kappa shape index (κ2) is 8.33. The van der Waals surface area contributed by atoms with Gasteiger partial charge in [-0.2, -0.15) is 0 Å². The number of hydrogen-bond donors (Lipinski definition) is 3. The van der Waals surface area contributed by atoms with E-state index in [1.807, 2.05) is 13.8 Å². The Kier molecular flexibility index (Phi) is 6.60. The number of piperidine rings is 1. The summed E-state index contributed by atoms with van der Waals surface area (Å²) in [5, 5.41) is 23.2. The van der Waals surface area contributed by atoms with Crippen molar-refractivity contribution >= 4 is 5.91 Å². The molecule has 0 radical (unpaired) electrons. The van der Waals surface area contributed by atoms with E-state index in [0.29, 0.717) is 37.2 Å². The first-order valence-electron chi connectivity index (χ1n) is 8.86.